The molecule has 0 bridgehead atoms. The molecule has 4 heteroatoms. The van der Waals surface area contributed by atoms with Crippen LogP contribution in [0.4, 0.5) is 5.69 Å². The van der Waals surface area contributed by atoms with Gasteiger partial charge in [-0.2, -0.15) is 0 Å². The summed E-state index contributed by atoms with van der Waals surface area (Å²) in [4.78, 5) is 4.21. The lowest BCUT2D eigenvalue weighted by Crippen LogP contribution is -1.80. The van der Waals surface area contributed by atoms with E-state index >= 15 is 0 Å². The Morgan fingerprint density at radius 3 is 2.29 bits per heavy atom. The maximum Gasteiger partial charge on any atom is 0.124 e. The van der Waals surface area contributed by atoms with E-state index in [1.54, 1.807) is 42.6 Å². The minimum atomic E-state index is 0.185. The van der Waals surface area contributed by atoms with Crippen LogP contribution < -0.4 is 0 Å². The number of para-hydroxylation sites is 1. The van der Waals surface area contributed by atoms with Crippen LogP contribution in [0.25, 0.3) is 0 Å². The number of hydrogen-bond donors (Lipinski definition) is 1. The van der Waals surface area contributed by atoms with Crippen LogP contribution in [0, 0.1) is 0 Å². The third-order valence-corrected chi connectivity index (χ3v) is 2.57. The highest BCUT2D eigenvalue weighted by atomic mass is 35.5. The molecule has 86 valence electrons. The number of rotatable bonds is 2. The molecule has 0 atom stereocenters. The molecule has 1 N–H and O–H groups in total. The molecule has 0 saturated carbocycles. The minimum Gasteiger partial charge on any atom is -0.507 e. The number of phenols is 1. The van der Waals surface area contributed by atoms with Gasteiger partial charge in [-0.05, 0) is 30.3 Å². The normalized spacial score (nSPS) is 10.9. The van der Waals surface area contributed by atoms with Crippen molar-refractivity contribution in [3.05, 3.63) is 58.1 Å². The van der Waals surface area contributed by atoms with Gasteiger partial charge in [0, 0.05) is 21.8 Å². The average molecular weight is 266 g/mol. The SMILES string of the molecule is Oc1ccccc1C=Nc1cc(Cl)cc(Cl)c1. The highest BCUT2D eigenvalue weighted by Crippen LogP contribution is 2.24. The Kier molecular flexibility index (Phi) is 3.67. The predicted molar refractivity (Wildman–Crippen MR) is 71.8 cm³/mol. The van der Waals surface area contributed by atoms with Crippen LogP contribution in [0.2, 0.25) is 10.0 Å². The van der Waals surface area contributed by atoms with Crippen LogP contribution in [-0.2, 0) is 0 Å². The van der Waals surface area contributed by atoms with Crippen molar-refractivity contribution in [2.24, 2.45) is 4.99 Å². The molecular formula is C13H9Cl2NO. The zero-order chi connectivity index (χ0) is 12.3. The quantitative estimate of drug-likeness (QED) is 0.800. The lowest BCUT2D eigenvalue weighted by molar-refractivity contribution is 0.474. The number of aliphatic imine (C=N–C) groups is 1. The van der Waals surface area contributed by atoms with Crippen molar-refractivity contribution < 1.29 is 5.11 Å². The number of nitrogens with zero attached hydrogens (tertiary/aromatic N) is 1. The Balaban J connectivity index is 2.29. The Morgan fingerprint density at radius 2 is 1.65 bits per heavy atom. The van der Waals surface area contributed by atoms with Gasteiger partial charge >= 0.3 is 0 Å². The maximum absolute atomic E-state index is 9.55. The van der Waals surface area contributed by atoms with Gasteiger partial charge in [-0.25, -0.2) is 0 Å². The molecule has 0 saturated heterocycles. The highest BCUT2D eigenvalue weighted by Gasteiger charge is 1.98. The van der Waals surface area contributed by atoms with Crippen molar-refractivity contribution in [3.63, 3.8) is 0 Å². The Morgan fingerprint density at radius 1 is 1.00 bits per heavy atom. The number of benzene rings is 2. The molecule has 2 nitrogen and oxygen atoms in total. The summed E-state index contributed by atoms with van der Waals surface area (Å²) >= 11 is 11.7. The Labute approximate surface area is 109 Å². The van der Waals surface area contributed by atoms with Gasteiger partial charge in [0.05, 0.1) is 5.69 Å². The van der Waals surface area contributed by atoms with Crippen molar-refractivity contribution in [1.82, 2.24) is 0 Å². The van der Waals surface area contributed by atoms with E-state index in [4.69, 9.17) is 23.2 Å². The third kappa shape index (κ3) is 3.22. The minimum absolute atomic E-state index is 0.185. The molecule has 0 aliphatic rings. The zero-order valence-corrected chi connectivity index (χ0v) is 10.3. The second kappa shape index (κ2) is 5.21. The van der Waals surface area contributed by atoms with Crippen LogP contribution in [0.5, 0.6) is 5.75 Å². The van der Waals surface area contributed by atoms with E-state index in [2.05, 4.69) is 4.99 Å². The van der Waals surface area contributed by atoms with E-state index < -0.39 is 0 Å². The molecule has 0 aliphatic heterocycles. The van der Waals surface area contributed by atoms with Crippen molar-refractivity contribution in [1.29, 1.82) is 0 Å². The van der Waals surface area contributed by atoms with Crippen LogP contribution in [0.15, 0.2) is 47.5 Å². The van der Waals surface area contributed by atoms with Gasteiger partial charge in [-0.1, -0.05) is 35.3 Å². The molecule has 0 unspecified atom stereocenters. The summed E-state index contributed by atoms with van der Waals surface area (Å²) in [7, 11) is 0. The van der Waals surface area contributed by atoms with Crippen molar-refractivity contribution in [2.75, 3.05) is 0 Å². The van der Waals surface area contributed by atoms with Crippen LogP contribution in [0.3, 0.4) is 0 Å². The fourth-order valence-electron chi connectivity index (χ4n) is 1.35. The van der Waals surface area contributed by atoms with Gasteiger partial charge in [0.2, 0.25) is 0 Å². The van der Waals surface area contributed by atoms with Crippen molar-refractivity contribution >= 4 is 35.1 Å². The lowest BCUT2D eigenvalue weighted by Gasteiger charge is -1.98. The third-order valence-electron chi connectivity index (χ3n) is 2.14. The molecule has 0 amide bonds. The summed E-state index contributed by atoms with van der Waals surface area (Å²) in [6.45, 7) is 0. The summed E-state index contributed by atoms with van der Waals surface area (Å²) in [6.07, 6.45) is 1.57. The second-order valence-electron chi connectivity index (χ2n) is 3.44. The maximum atomic E-state index is 9.55. The van der Waals surface area contributed by atoms with Crippen LogP contribution >= 0.6 is 23.2 Å². The van der Waals surface area contributed by atoms with E-state index in [0.29, 0.717) is 21.3 Å². The number of aromatic hydroxyl groups is 1. The van der Waals surface area contributed by atoms with E-state index in [0.717, 1.165) is 0 Å². The summed E-state index contributed by atoms with van der Waals surface area (Å²) in [5, 5.41) is 10.6. The second-order valence-corrected chi connectivity index (χ2v) is 4.32. The fraction of sp³-hybridized carbons (Fsp3) is 0. The average Bonchev–Trinajstić information content (AvgIpc) is 2.27. The number of phenolic OH excluding ortho intramolecular Hbond substituents is 1. The Hall–Kier alpha value is -1.51. The largest absolute Gasteiger partial charge is 0.507 e. The van der Waals surface area contributed by atoms with Gasteiger partial charge in [-0.15, -0.1) is 0 Å². The van der Waals surface area contributed by atoms with Gasteiger partial charge in [0.1, 0.15) is 5.75 Å². The fourth-order valence-corrected chi connectivity index (χ4v) is 1.87. The number of hydrogen-bond acceptors (Lipinski definition) is 2. The topological polar surface area (TPSA) is 32.6 Å². The van der Waals surface area contributed by atoms with E-state index in [-0.39, 0.29) is 5.75 Å². The molecule has 0 aliphatic carbocycles. The Bertz CT molecular complexity index is 547. The summed E-state index contributed by atoms with van der Waals surface area (Å²) < 4.78 is 0. The molecule has 0 spiro atoms. The van der Waals surface area contributed by atoms with E-state index in [1.807, 2.05) is 6.07 Å². The van der Waals surface area contributed by atoms with Gasteiger partial charge < -0.3 is 5.11 Å². The first-order valence-electron chi connectivity index (χ1n) is 4.93. The standard InChI is InChI=1S/C13H9Cl2NO/c14-10-5-11(15)7-12(6-10)16-8-9-3-1-2-4-13(9)17/h1-8,17H. The summed E-state index contributed by atoms with van der Waals surface area (Å²) in [5.74, 6) is 0.185. The molecular weight excluding hydrogens is 257 g/mol. The van der Waals surface area contributed by atoms with Gasteiger partial charge in [0.25, 0.3) is 0 Å². The van der Waals surface area contributed by atoms with Gasteiger partial charge in [0.15, 0.2) is 0 Å². The molecule has 2 aromatic carbocycles. The number of halogens is 2. The first-order chi connectivity index (χ1) is 8.15. The first-order valence-corrected chi connectivity index (χ1v) is 5.69. The van der Waals surface area contributed by atoms with Crippen LogP contribution in [0.1, 0.15) is 5.56 Å². The molecule has 17 heavy (non-hydrogen) atoms. The zero-order valence-electron chi connectivity index (χ0n) is 8.77. The molecule has 0 radical (unpaired) electrons. The molecule has 2 aromatic rings. The van der Waals surface area contributed by atoms with Crippen molar-refractivity contribution in [2.45, 2.75) is 0 Å². The van der Waals surface area contributed by atoms with E-state index in [9.17, 15) is 5.11 Å². The van der Waals surface area contributed by atoms with Crippen LogP contribution in [-0.4, -0.2) is 11.3 Å². The van der Waals surface area contributed by atoms with E-state index in [1.165, 1.54) is 0 Å². The summed E-state index contributed by atoms with van der Waals surface area (Å²) in [6, 6.07) is 12.0. The molecule has 0 fully saturated rings. The first kappa shape index (κ1) is 12.0. The van der Waals surface area contributed by atoms with Crippen molar-refractivity contribution in [3.8, 4) is 5.75 Å². The summed E-state index contributed by atoms with van der Waals surface area (Å²) in [5.41, 5.74) is 1.29. The highest BCUT2D eigenvalue weighted by molar-refractivity contribution is 6.35. The van der Waals surface area contributed by atoms with Gasteiger partial charge in [-0.3, -0.25) is 4.99 Å². The molecule has 0 heterocycles. The smallest absolute Gasteiger partial charge is 0.124 e. The molecule has 0 aromatic heterocycles. The lowest BCUT2D eigenvalue weighted by atomic mass is 10.2. The molecule has 2 rings (SSSR count). The monoisotopic (exact) mass is 265 g/mol. The predicted octanol–water partition coefficient (Wildman–Crippen LogP) is 4.45.